The molecule has 11 nitrogen and oxygen atoms in total. The van der Waals surface area contributed by atoms with Gasteiger partial charge in [-0.05, 0) is 38.5 Å². The number of rotatable bonds is 37. The van der Waals surface area contributed by atoms with Crippen molar-refractivity contribution in [1.82, 2.24) is 0 Å². The first-order valence-corrected chi connectivity index (χ1v) is 23.4. The minimum absolute atomic E-state index is 0.00888. The molecule has 0 aromatic rings. The maximum atomic E-state index is 12.7. The van der Waals surface area contributed by atoms with Gasteiger partial charge >= 0.3 is 13.8 Å². The van der Waals surface area contributed by atoms with Gasteiger partial charge in [0, 0.05) is 37.8 Å². The van der Waals surface area contributed by atoms with Crippen molar-refractivity contribution in [1.29, 1.82) is 0 Å². The van der Waals surface area contributed by atoms with Gasteiger partial charge in [-0.25, -0.2) is 14.3 Å². The predicted octanol–water partition coefficient (Wildman–Crippen LogP) is 9.99. The number of unbranched alkanes of at least 4 members (excludes halogenated alkanes) is 16. The molecule has 1 aliphatic carbocycles. The summed E-state index contributed by atoms with van der Waals surface area (Å²) >= 11 is 0. The second kappa shape index (κ2) is 32.5. The van der Waals surface area contributed by atoms with Crippen LogP contribution in [0.1, 0.15) is 162 Å². The molecule has 0 aromatic heterocycles. The van der Waals surface area contributed by atoms with E-state index in [0.717, 1.165) is 32.1 Å². The van der Waals surface area contributed by atoms with Crippen molar-refractivity contribution >= 4 is 13.8 Å². The molecule has 0 spiro atoms. The summed E-state index contributed by atoms with van der Waals surface area (Å²) in [7, 11) is -4.32. The molecular formula is C43H78NO10P. The Bertz CT molecular complexity index is 1090. The van der Waals surface area contributed by atoms with Gasteiger partial charge in [0.05, 0.1) is 32.0 Å². The summed E-state index contributed by atoms with van der Waals surface area (Å²) in [6, 6.07) is 0. The molecule has 2 fully saturated rings. The summed E-state index contributed by atoms with van der Waals surface area (Å²) < 4.78 is 33.5. The van der Waals surface area contributed by atoms with Crippen LogP contribution in [0.5, 0.6) is 0 Å². The lowest BCUT2D eigenvalue weighted by atomic mass is 9.89. The average Bonchev–Trinajstić information content (AvgIpc) is 3.78. The molecule has 1 aliphatic heterocycles. The first kappa shape index (κ1) is 49.7. The number of carbonyl (C=O) groups is 1. The predicted molar refractivity (Wildman–Crippen MR) is 219 cm³/mol. The van der Waals surface area contributed by atoms with Crippen LogP contribution in [-0.4, -0.2) is 73.4 Å². The molecule has 0 aromatic carbocycles. The smallest absolute Gasteiger partial charge is 0.457 e. The summed E-state index contributed by atoms with van der Waals surface area (Å²) in [6.07, 6.45) is 36.4. The van der Waals surface area contributed by atoms with Crippen molar-refractivity contribution in [2.24, 2.45) is 17.6 Å². The molecule has 1 saturated heterocycles. The number of phosphoric ester groups is 1. The number of hydrogen-bond acceptors (Lipinski definition) is 10. The van der Waals surface area contributed by atoms with Crippen molar-refractivity contribution < 1.29 is 47.7 Å². The maximum absolute atomic E-state index is 12.7. The lowest BCUT2D eigenvalue weighted by molar-refractivity contribution is -0.336. The lowest BCUT2D eigenvalue weighted by Crippen LogP contribution is -2.29. The van der Waals surface area contributed by atoms with Gasteiger partial charge in [-0.15, -0.1) is 0 Å². The number of hydrogen-bond donors (Lipinski definition) is 3. The quantitative estimate of drug-likeness (QED) is 0.0181. The van der Waals surface area contributed by atoms with E-state index in [9.17, 15) is 19.4 Å². The Morgan fingerprint density at radius 3 is 2.07 bits per heavy atom. The zero-order valence-corrected chi connectivity index (χ0v) is 35.3. The fourth-order valence-corrected chi connectivity index (χ4v) is 7.97. The minimum Gasteiger partial charge on any atom is -0.457 e. The monoisotopic (exact) mass is 800 g/mol. The van der Waals surface area contributed by atoms with Gasteiger partial charge in [-0.3, -0.25) is 13.8 Å². The van der Waals surface area contributed by atoms with Crippen molar-refractivity contribution in [2.45, 2.75) is 186 Å². The molecule has 7 unspecified atom stereocenters. The van der Waals surface area contributed by atoms with Crippen LogP contribution in [0.25, 0.3) is 0 Å². The lowest BCUT2D eigenvalue weighted by Gasteiger charge is -2.27. The number of phosphoric acid groups is 1. The number of ether oxygens (including phenoxy) is 2. The van der Waals surface area contributed by atoms with Crippen LogP contribution in [0.15, 0.2) is 36.5 Å². The third kappa shape index (κ3) is 24.9. The highest BCUT2D eigenvalue weighted by Gasteiger charge is 2.49. The molecule has 12 heteroatoms. The van der Waals surface area contributed by atoms with Gasteiger partial charge < -0.3 is 25.2 Å². The molecular weight excluding hydrogens is 721 g/mol. The van der Waals surface area contributed by atoms with Gasteiger partial charge in [0.1, 0.15) is 12.2 Å². The van der Waals surface area contributed by atoms with E-state index in [2.05, 4.69) is 38.2 Å². The van der Waals surface area contributed by atoms with Crippen LogP contribution in [0.3, 0.4) is 0 Å². The van der Waals surface area contributed by atoms with Crippen LogP contribution < -0.4 is 5.73 Å². The number of aliphatic hydroxyl groups is 1. The number of allylic oxidation sites excluding steroid dienone is 3. The molecule has 7 atom stereocenters. The second-order valence-electron chi connectivity index (χ2n) is 15.3. The topological polar surface area (TPSA) is 156 Å². The summed E-state index contributed by atoms with van der Waals surface area (Å²) in [4.78, 5) is 33.6. The first-order chi connectivity index (χ1) is 26.8. The first-order valence-electron chi connectivity index (χ1n) is 21.9. The van der Waals surface area contributed by atoms with E-state index in [4.69, 9.17) is 34.0 Å². The molecule has 2 rings (SSSR count). The van der Waals surface area contributed by atoms with E-state index in [1.54, 1.807) is 0 Å². The van der Waals surface area contributed by atoms with Crippen LogP contribution >= 0.6 is 7.82 Å². The van der Waals surface area contributed by atoms with Gasteiger partial charge in [-0.2, -0.15) is 0 Å². The second-order valence-corrected chi connectivity index (χ2v) is 16.7. The fourth-order valence-electron chi connectivity index (χ4n) is 7.20. The highest BCUT2D eigenvalue weighted by Crippen LogP contribution is 2.45. The number of carbonyl (C=O) groups excluding carboxylic acids is 1. The zero-order chi connectivity index (χ0) is 39.8. The molecule has 1 heterocycles. The number of esters is 1. The van der Waals surface area contributed by atoms with E-state index in [0.29, 0.717) is 25.9 Å². The number of fused-ring (bicyclic) bond motifs is 2. The largest absolute Gasteiger partial charge is 0.472 e. The Morgan fingerprint density at radius 2 is 1.44 bits per heavy atom. The Labute approximate surface area is 333 Å². The molecule has 320 valence electrons. The Balaban J connectivity index is 1.62. The fraction of sp³-hybridized carbons (Fsp3) is 0.837. The van der Waals surface area contributed by atoms with Crippen LogP contribution in [-0.2, 0) is 37.7 Å². The highest BCUT2D eigenvalue weighted by atomic mass is 31.2. The number of aliphatic hydroxyl groups excluding tert-OH is 1. The molecule has 0 amide bonds. The molecule has 1 saturated carbocycles. The standard InChI is InChI=1S/C43H78NO10P/c1-3-5-7-8-9-10-11-12-13-14-15-16-17-18-21-25-32-49-35-38(36-51-55(47,48)50-33-31-44)52-43(46)28-24-20-19-23-27-39-40(42-34-41(39)53-54-42)30-29-37(45)26-22-6-4-2/h6,19,22-23,29-30,37-42,45H,3-5,7-18,20-21,24-28,31-36,44H2,1-2H3,(H,47,48)/b22-6-,23-19-,30-29+. The Hall–Kier alpha value is -1.40. The Morgan fingerprint density at radius 1 is 0.800 bits per heavy atom. The van der Waals surface area contributed by atoms with Crippen LogP contribution in [0.4, 0.5) is 0 Å². The summed E-state index contributed by atoms with van der Waals surface area (Å²) in [6.45, 7) is 4.56. The molecule has 2 aliphatic rings. The minimum atomic E-state index is -4.32. The summed E-state index contributed by atoms with van der Waals surface area (Å²) in [5.74, 6) is 0.0364. The molecule has 4 N–H and O–H groups in total. The van der Waals surface area contributed by atoms with Crippen LogP contribution in [0.2, 0.25) is 0 Å². The van der Waals surface area contributed by atoms with E-state index in [-0.39, 0.29) is 56.8 Å². The van der Waals surface area contributed by atoms with Crippen molar-refractivity contribution in [3.8, 4) is 0 Å². The van der Waals surface area contributed by atoms with E-state index >= 15 is 0 Å². The third-order valence-corrected chi connectivity index (χ3v) is 11.4. The highest BCUT2D eigenvalue weighted by molar-refractivity contribution is 7.47. The SMILES string of the molecule is CC/C=C\CC(O)/C=C/C1C2CC(OO2)C1C/C=C\CCCC(=O)OC(COCCCCCCCCCCCCCCCCCC)COP(=O)(O)OCCN. The van der Waals surface area contributed by atoms with Crippen molar-refractivity contribution in [2.75, 3.05) is 33.0 Å². The molecule has 0 radical (unpaired) electrons. The van der Waals surface area contributed by atoms with Gasteiger partial charge in [0.2, 0.25) is 0 Å². The zero-order valence-electron chi connectivity index (χ0n) is 34.4. The van der Waals surface area contributed by atoms with Gasteiger partial charge in [-0.1, -0.05) is 147 Å². The maximum Gasteiger partial charge on any atom is 0.472 e. The van der Waals surface area contributed by atoms with E-state index in [1.165, 1.54) is 89.9 Å². The Kier molecular flexibility index (Phi) is 29.4. The van der Waals surface area contributed by atoms with E-state index in [1.807, 2.05) is 12.2 Å². The van der Waals surface area contributed by atoms with Crippen molar-refractivity contribution in [3.63, 3.8) is 0 Å². The summed E-state index contributed by atoms with van der Waals surface area (Å²) in [5.41, 5.74) is 5.38. The molecule has 2 bridgehead atoms. The average molecular weight is 800 g/mol. The molecule has 55 heavy (non-hydrogen) atoms. The van der Waals surface area contributed by atoms with Gasteiger partial charge in [0.15, 0.2) is 0 Å². The van der Waals surface area contributed by atoms with Crippen molar-refractivity contribution in [3.05, 3.63) is 36.5 Å². The van der Waals surface area contributed by atoms with Crippen LogP contribution in [0, 0.1) is 11.8 Å². The van der Waals surface area contributed by atoms with E-state index < -0.39 is 26.0 Å². The normalized spacial score (nSPS) is 22.0. The number of nitrogens with two attached hydrogens (primary N) is 1. The van der Waals surface area contributed by atoms with Gasteiger partial charge in [0.25, 0.3) is 0 Å². The summed E-state index contributed by atoms with van der Waals surface area (Å²) in [5, 5.41) is 10.3. The third-order valence-electron chi connectivity index (χ3n) is 10.4.